The summed E-state index contributed by atoms with van der Waals surface area (Å²) < 4.78 is 11.1. The average Bonchev–Trinajstić information content (AvgIpc) is 3.16. The molecular weight excluding hydrogens is 472 g/mol. The van der Waals surface area contributed by atoms with Crippen LogP contribution in [0.5, 0.6) is 0 Å². The van der Waals surface area contributed by atoms with Crippen molar-refractivity contribution in [2.24, 2.45) is 0 Å². The van der Waals surface area contributed by atoms with E-state index < -0.39 is 23.8 Å². The molecule has 2 aromatic carbocycles. The van der Waals surface area contributed by atoms with Crippen molar-refractivity contribution in [2.75, 3.05) is 26.2 Å². The molecule has 0 aromatic heterocycles. The van der Waals surface area contributed by atoms with Crippen LogP contribution in [0.15, 0.2) is 48.5 Å². The molecule has 0 spiro atoms. The van der Waals surface area contributed by atoms with Gasteiger partial charge in [-0.05, 0) is 62.3 Å². The average molecular weight is 511 g/mol. The molecular formula is C29H38N2O6. The monoisotopic (exact) mass is 510 g/mol. The van der Waals surface area contributed by atoms with Crippen LogP contribution in [-0.2, 0) is 14.3 Å². The zero-order valence-corrected chi connectivity index (χ0v) is 22.0. The van der Waals surface area contributed by atoms with Crippen molar-refractivity contribution in [1.82, 2.24) is 10.2 Å². The zero-order valence-electron chi connectivity index (χ0n) is 22.0. The van der Waals surface area contributed by atoms with E-state index in [1.807, 2.05) is 24.3 Å². The lowest BCUT2D eigenvalue weighted by atomic mass is 9.98. The third-order valence-corrected chi connectivity index (χ3v) is 6.19. The number of unbranched alkanes of at least 4 members (excludes halogenated alkanes) is 2. The number of carbonyl (C=O) groups is 3. The molecule has 1 aliphatic carbocycles. The van der Waals surface area contributed by atoms with Gasteiger partial charge in [-0.3, -0.25) is 4.79 Å². The highest BCUT2D eigenvalue weighted by atomic mass is 16.6. The van der Waals surface area contributed by atoms with Crippen molar-refractivity contribution < 1.29 is 29.0 Å². The maximum absolute atomic E-state index is 13.1. The van der Waals surface area contributed by atoms with Gasteiger partial charge < -0.3 is 24.8 Å². The highest BCUT2D eigenvalue weighted by Gasteiger charge is 2.29. The number of nitrogens with one attached hydrogen (secondary N) is 1. The predicted molar refractivity (Wildman–Crippen MR) is 142 cm³/mol. The molecule has 0 saturated carbocycles. The second-order valence-electron chi connectivity index (χ2n) is 10.3. The maximum Gasteiger partial charge on any atom is 0.409 e. The fraction of sp³-hybridized carbons (Fsp3) is 0.483. The van der Waals surface area contributed by atoms with Gasteiger partial charge in [-0.1, -0.05) is 55.0 Å². The zero-order chi connectivity index (χ0) is 26.8. The highest BCUT2D eigenvalue weighted by molar-refractivity contribution is 5.79. The van der Waals surface area contributed by atoms with Gasteiger partial charge in [-0.15, -0.1) is 0 Å². The minimum atomic E-state index is -0.818. The number of ether oxygens (including phenoxy) is 2. The molecule has 0 fully saturated rings. The van der Waals surface area contributed by atoms with Gasteiger partial charge in [0.1, 0.15) is 12.2 Å². The first-order valence-electron chi connectivity index (χ1n) is 12.9. The molecule has 37 heavy (non-hydrogen) atoms. The van der Waals surface area contributed by atoms with E-state index in [2.05, 4.69) is 29.6 Å². The predicted octanol–water partition coefficient (Wildman–Crippen LogP) is 5.80. The number of hydrogen-bond acceptors (Lipinski definition) is 5. The van der Waals surface area contributed by atoms with Crippen LogP contribution >= 0.6 is 0 Å². The summed E-state index contributed by atoms with van der Waals surface area (Å²) in [4.78, 5) is 37.4. The summed E-state index contributed by atoms with van der Waals surface area (Å²) in [5, 5.41) is 11.6. The van der Waals surface area contributed by atoms with Gasteiger partial charge in [0.25, 0.3) is 0 Å². The van der Waals surface area contributed by atoms with E-state index in [1.54, 1.807) is 25.7 Å². The number of hydrogen-bond donors (Lipinski definition) is 2. The SMILES string of the molecule is CC(C)(C)OC(=O)NCCCN(CCCCCC(=O)O)C(=O)OCC1c2ccccc2-c2ccccc21. The number of carboxylic acids is 1. The summed E-state index contributed by atoms with van der Waals surface area (Å²) in [6.07, 6.45) is 1.70. The fourth-order valence-electron chi connectivity index (χ4n) is 4.51. The molecule has 0 atom stereocenters. The van der Waals surface area contributed by atoms with Crippen LogP contribution < -0.4 is 5.32 Å². The third-order valence-electron chi connectivity index (χ3n) is 6.19. The lowest BCUT2D eigenvalue weighted by Gasteiger charge is -2.24. The summed E-state index contributed by atoms with van der Waals surface area (Å²) in [7, 11) is 0. The van der Waals surface area contributed by atoms with Crippen molar-refractivity contribution in [3.63, 3.8) is 0 Å². The minimum Gasteiger partial charge on any atom is -0.481 e. The van der Waals surface area contributed by atoms with Gasteiger partial charge in [0.2, 0.25) is 0 Å². The van der Waals surface area contributed by atoms with Crippen LogP contribution in [0.2, 0.25) is 0 Å². The summed E-state index contributed by atoms with van der Waals surface area (Å²) in [5.41, 5.74) is 4.06. The smallest absolute Gasteiger partial charge is 0.409 e. The largest absolute Gasteiger partial charge is 0.481 e. The van der Waals surface area contributed by atoms with Crippen LogP contribution in [0.25, 0.3) is 11.1 Å². The van der Waals surface area contributed by atoms with Gasteiger partial charge in [-0.25, -0.2) is 9.59 Å². The summed E-state index contributed by atoms with van der Waals surface area (Å²) in [5.74, 6) is -0.843. The molecule has 0 aliphatic heterocycles. The lowest BCUT2D eigenvalue weighted by Crippen LogP contribution is -2.37. The quantitative estimate of drug-likeness (QED) is 0.350. The molecule has 8 nitrogen and oxygen atoms in total. The summed E-state index contributed by atoms with van der Waals surface area (Å²) in [6.45, 7) is 6.87. The topological polar surface area (TPSA) is 105 Å². The van der Waals surface area contributed by atoms with E-state index in [4.69, 9.17) is 14.6 Å². The van der Waals surface area contributed by atoms with Crippen molar-refractivity contribution in [3.05, 3.63) is 59.7 Å². The molecule has 1 aliphatic rings. The lowest BCUT2D eigenvalue weighted by molar-refractivity contribution is -0.137. The maximum atomic E-state index is 13.1. The molecule has 200 valence electrons. The highest BCUT2D eigenvalue weighted by Crippen LogP contribution is 2.44. The third kappa shape index (κ3) is 8.51. The number of amides is 2. The number of rotatable bonds is 12. The summed E-state index contributed by atoms with van der Waals surface area (Å²) >= 11 is 0. The Labute approximate surface area is 219 Å². The summed E-state index contributed by atoms with van der Waals surface area (Å²) in [6, 6.07) is 16.4. The Morgan fingerprint density at radius 1 is 0.892 bits per heavy atom. The van der Waals surface area contributed by atoms with Crippen LogP contribution in [0.3, 0.4) is 0 Å². The fourth-order valence-corrected chi connectivity index (χ4v) is 4.51. The normalized spacial score (nSPS) is 12.4. The van der Waals surface area contributed by atoms with Crippen molar-refractivity contribution >= 4 is 18.2 Å². The molecule has 0 saturated heterocycles. The number of carbonyl (C=O) groups excluding carboxylic acids is 2. The van der Waals surface area contributed by atoms with E-state index in [0.717, 1.165) is 11.1 Å². The Hall–Kier alpha value is -3.55. The molecule has 0 unspecified atom stereocenters. The molecule has 8 heteroatoms. The second kappa shape index (κ2) is 13.1. The van der Waals surface area contributed by atoms with E-state index >= 15 is 0 Å². The first-order valence-corrected chi connectivity index (χ1v) is 12.9. The van der Waals surface area contributed by atoms with E-state index in [1.165, 1.54) is 11.1 Å². The Morgan fingerprint density at radius 2 is 1.49 bits per heavy atom. The van der Waals surface area contributed by atoms with Gasteiger partial charge >= 0.3 is 18.2 Å². The van der Waals surface area contributed by atoms with Crippen LogP contribution in [0, 0.1) is 0 Å². The van der Waals surface area contributed by atoms with Gasteiger partial charge in [-0.2, -0.15) is 0 Å². The van der Waals surface area contributed by atoms with Crippen LogP contribution in [-0.4, -0.2) is 60.0 Å². The first kappa shape index (κ1) is 28.0. The minimum absolute atomic E-state index is 0.0254. The Kier molecular flexibility index (Phi) is 9.94. The Morgan fingerprint density at radius 3 is 2.08 bits per heavy atom. The standard InChI is InChI=1S/C29H38N2O6/c1-29(2,3)37-27(34)30-17-11-19-31(18-10-4-5-16-26(32)33)28(35)36-20-25-23-14-8-6-12-21(23)22-13-7-9-15-24(22)25/h6-9,12-15,25H,4-5,10-11,16-20H2,1-3H3,(H,30,34)(H,32,33). The molecule has 2 amide bonds. The molecule has 0 heterocycles. The van der Waals surface area contributed by atoms with Crippen molar-refractivity contribution in [1.29, 1.82) is 0 Å². The number of alkyl carbamates (subject to hydrolysis) is 1. The molecule has 0 bridgehead atoms. The van der Waals surface area contributed by atoms with E-state index in [9.17, 15) is 14.4 Å². The van der Waals surface area contributed by atoms with Gasteiger partial charge in [0, 0.05) is 32.0 Å². The van der Waals surface area contributed by atoms with Crippen LogP contribution in [0.4, 0.5) is 9.59 Å². The second-order valence-corrected chi connectivity index (χ2v) is 10.3. The Balaban J connectivity index is 1.57. The molecule has 0 radical (unpaired) electrons. The van der Waals surface area contributed by atoms with Crippen LogP contribution in [0.1, 0.15) is 69.9 Å². The number of fused-ring (bicyclic) bond motifs is 3. The number of aliphatic carboxylic acids is 1. The molecule has 3 rings (SSSR count). The Bertz CT molecular complexity index is 1030. The van der Waals surface area contributed by atoms with Gasteiger partial charge in [0.15, 0.2) is 0 Å². The van der Waals surface area contributed by atoms with E-state index in [-0.39, 0.29) is 18.9 Å². The number of carboxylic acid groups (broad SMARTS) is 1. The first-order chi connectivity index (χ1) is 17.7. The molecule has 2 N–H and O–H groups in total. The van der Waals surface area contributed by atoms with Crippen molar-refractivity contribution in [2.45, 2.75) is 64.4 Å². The number of nitrogens with zero attached hydrogens (tertiary/aromatic N) is 1. The molecule has 2 aromatic rings. The van der Waals surface area contributed by atoms with Crippen molar-refractivity contribution in [3.8, 4) is 11.1 Å². The number of benzene rings is 2. The van der Waals surface area contributed by atoms with Gasteiger partial charge in [0.05, 0.1) is 0 Å². The van der Waals surface area contributed by atoms with E-state index in [0.29, 0.717) is 45.3 Å².